The van der Waals surface area contributed by atoms with Crippen LogP contribution < -0.4 is 0 Å². The van der Waals surface area contributed by atoms with Crippen molar-refractivity contribution in [1.29, 1.82) is 0 Å². The maximum atomic E-state index is 11.6. The molecule has 0 aromatic carbocycles. The van der Waals surface area contributed by atoms with E-state index in [4.69, 9.17) is 9.47 Å². The Kier molecular flexibility index (Phi) is 3.57. The van der Waals surface area contributed by atoms with Crippen molar-refractivity contribution in [2.45, 2.75) is 13.3 Å². The van der Waals surface area contributed by atoms with Crippen molar-refractivity contribution in [1.82, 2.24) is 14.6 Å². The highest BCUT2D eigenvalue weighted by atomic mass is 16.5. The van der Waals surface area contributed by atoms with Gasteiger partial charge in [-0.1, -0.05) is 0 Å². The minimum atomic E-state index is -0.411. The number of carbonyl (C=O) groups is 1. The quantitative estimate of drug-likeness (QED) is 0.757. The Bertz CT molecular complexity index is 577. The summed E-state index contributed by atoms with van der Waals surface area (Å²) in [6.07, 6.45) is 0.609. The maximum Gasteiger partial charge on any atom is 0.341 e. The molecular weight excluding hydrogens is 234 g/mol. The molecule has 0 bridgehead atoms. The fraction of sp³-hybridized carbons (Fsp3) is 0.417. The number of pyridine rings is 1. The van der Waals surface area contributed by atoms with Gasteiger partial charge in [0.15, 0.2) is 11.5 Å². The zero-order chi connectivity index (χ0) is 13.1. The van der Waals surface area contributed by atoms with Crippen molar-refractivity contribution >= 4 is 11.6 Å². The highest BCUT2D eigenvalue weighted by molar-refractivity contribution is 5.95. The van der Waals surface area contributed by atoms with E-state index in [0.29, 0.717) is 30.1 Å². The van der Waals surface area contributed by atoms with Gasteiger partial charge in [-0.05, 0) is 19.1 Å². The Balaban J connectivity index is 2.51. The lowest BCUT2D eigenvalue weighted by Gasteiger charge is -2.02. The molecule has 0 radical (unpaired) electrons. The van der Waals surface area contributed by atoms with E-state index in [1.54, 1.807) is 17.7 Å². The fourth-order valence-corrected chi connectivity index (χ4v) is 1.69. The smallest absolute Gasteiger partial charge is 0.341 e. The lowest BCUT2D eigenvalue weighted by Crippen LogP contribution is -2.06. The normalized spacial score (nSPS) is 10.8. The Morgan fingerprint density at radius 3 is 2.83 bits per heavy atom. The molecule has 6 nitrogen and oxygen atoms in total. The number of rotatable bonds is 4. The maximum absolute atomic E-state index is 11.6. The summed E-state index contributed by atoms with van der Waals surface area (Å²) in [5.41, 5.74) is 1.85. The van der Waals surface area contributed by atoms with Crippen molar-refractivity contribution in [3.63, 3.8) is 0 Å². The topological polar surface area (TPSA) is 65.7 Å². The van der Waals surface area contributed by atoms with E-state index in [1.807, 2.05) is 13.0 Å². The van der Waals surface area contributed by atoms with Gasteiger partial charge in [0.25, 0.3) is 0 Å². The van der Waals surface area contributed by atoms with Gasteiger partial charge in [0, 0.05) is 19.2 Å². The van der Waals surface area contributed by atoms with Crippen molar-refractivity contribution in [2.75, 3.05) is 20.8 Å². The summed E-state index contributed by atoms with van der Waals surface area (Å²) < 4.78 is 11.4. The molecule has 0 fully saturated rings. The third-order valence-corrected chi connectivity index (χ3v) is 2.65. The molecule has 2 aromatic rings. The van der Waals surface area contributed by atoms with E-state index < -0.39 is 5.97 Å². The molecule has 2 rings (SSSR count). The third-order valence-electron chi connectivity index (χ3n) is 2.65. The molecule has 0 saturated carbocycles. The van der Waals surface area contributed by atoms with Gasteiger partial charge >= 0.3 is 5.97 Å². The number of esters is 1. The van der Waals surface area contributed by atoms with E-state index in [9.17, 15) is 4.79 Å². The van der Waals surface area contributed by atoms with Gasteiger partial charge in [0.1, 0.15) is 5.56 Å². The molecule has 0 atom stereocenters. The predicted octanol–water partition coefficient (Wildman–Crippen LogP) is 1.01. The van der Waals surface area contributed by atoms with Crippen molar-refractivity contribution in [3.05, 3.63) is 29.2 Å². The van der Waals surface area contributed by atoms with Crippen molar-refractivity contribution in [2.24, 2.45) is 0 Å². The zero-order valence-electron chi connectivity index (χ0n) is 10.6. The van der Waals surface area contributed by atoms with E-state index in [-0.39, 0.29) is 0 Å². The van der Waals surface area contributed by atoms with Crippen LogP contribution in [0.2, 0.25) is 0 Å². The molecule has 0 spiro atoms. The summed E-state index contributed by atoms with van der Waals surface area (Å²) in [6.45, 7) is 2.45. The fourth-order valence-electron chi connectivity index (χ4n) is 1.69. The first-order valence-electron chi connectivity index (χ1n) is 5.60. The average molecular weight is 249 g/mol. The van der Waals surface area contributed by atoms with Crippen LogP contribution in [0.4, 0.5) is 0 Å². The largest absolute Gasteiger partial charge is 0.465 e. The number of aromatic nitrogens is 3. The van der Waals surface area contributed by atoms with Crippen molar-refractivity contribution in [3.8, 4) is 0 Å². The van der Waals surface area contributed by atoms with Crippen molar-refractivity contribution < 1.29 is 14.3 Å². The van der Waals surface area contributed by atoms with Crippen LogP contribution in [0, 0.1) is 6.92 Å². The van der Waals surface area contributed by atoms with Gasteiger partial charge < -0.3 is 9.47 Å². The molecule has 0 unspecified atom stereocenters. The third kappa shape index (κ3) is 2.19. The first-order valence-corrected chi connectivity index (χ1v) is 5.60. The van der Waals surface area contributed by atoms with Gasteiger partial charge in [-0.2, -0.15) is 5.10 Å². The van der Waals surface area contributed by atoms with E-state index >= 15 is 0 Å². The Hall–Kier alpha value is -1.95. The Morgan fingerprint density at radius 1 is 1.39 bits per heavy atom. The van der Waals surface area contributed by atoms with E-state index in [0.717, 1.165) is 5.69 Å². The second-order valence-corrected chi connectivity index (χ2v) is 3.89. The van der Waals surface area contributed by atoms with E-state index in [1.165, 1.54) is 7.11 Å². The first kappa shape index (κ1) is 12.5. The van der Waals surface area contributed by atoms with Gasteiger partial charge in [0.2, 0.25) is 0 Å². The molecule has 0 aliphatic heterocycles. The first-order chi connectivity index (χ1) is 8.67. The molecule has 0 saturated heterocycles. The van der Waals surface area contributed by atoms with Crippen LogP contribution in [0.5, 0.6) is 0 Å². The summed E-state index contributed by atoms with van der Waals surface area (Å²) in [5, 5.41) is 4.34. The zero-order valence-corrected chi connectivity index (χ0v) is 10.6. The van der Waals surface area contributed by atoms with Crippen LogP contribution in [-0.4, -0.2) is 41.4 Å². The Labute approximate surface area is 105 Å². The molecule has 0 amide bonds. The number of methoxy groups -OCH3 is 2. The highest BCUT2D eigenvalue weighted by Crippen LogP contribution is 2.13. The number of hydrogen-bond donors (Lipinski definition) is 0. The second-order valence-electron chi connectivity index (χ2n) is 3.89. The standard InChI is InChI=1S/C12H15N3O3/c1-8-4-5-9(12(16)18-3)11-13-10(6-7-17-2)14-15(8)11/h4-5H,6-7H2,1-3H3. The van der Waals surface area contributed by atoms with Gasteiger partial charge in [-0.25, -0.2) is 14.3 Å². The summed E-state index contributed by atoms with van der Waals surface area (Å²) in [4.78, 5) is 16.0. The van der Waals surface area contributed by atoms with E-state index in [2.05, 4.69) is 10.1 Å². The molecule has 6 heteroatoms. The average Bonchev–Trinajstić information content (AvgIpc) is 2.80. The number of aryl methyl sites for hydroxylation is 1. The molecule has 0 N–H and O–H groups in total. The molecule has 96 valence electrons. The molecule has 0 aliphatic carbocycles. The monoisotopic (exact) mass is 249 g/mol. The molecule has 18 heavy (non-hydrogen) atoms. The van der Waals surface area contributed by atoms with Gasteiger partial charge in [-0.3, -0.25) is 0 Å². The number of ether oxygens (including phenoxy) is 2. The van der Waals surface area contributed by atoms with Crippen LogP contribution in [0.15, 0.2) is 12.1 Å². The van der Waals surface area contributed by atoms with Crippen LogP contribution in [0.3, 0.4) is 0 Å². The minimum Gasteiger partial charge on any atom is -0.465 e. The number of nitrogens with zero attached hydrogens (tertiary/aromatic N) is 3. The highest BCUT2D eigenvalue weighted by Gasteiger charge is 2.15. The Morgan fingerprint density at radius 2 is 2.17 bits per heavy atom. The lowest BCUT2D eigenvalue weighted by atomic mass is 10.2. The van der Waals surface area contributed by atoms with Gasteiger partial charge in [-0.15, -0.1) is 0 Å². The number of carbonyl (C=O) groups excluding carboxylic acids is 1. The van der Waals surface area contributed by atoms with Crippen LogP contribution >= 0.6 is 0 Å². The summed E-state index contributed by atoms with van der Waals surface area (Å²) in [5.74, 6) is 0.238. The van der Waals surface area contributed by atoms with Gasteiger partial charge in [0.05, 0.1) is 13.7 Å². The SMILES string of the molecule is COCCc1nc2c(C(=O)OC)ccc(C)n2n1. The second kappa shape index (κ2) is 5.14. The van der Waals surface area contributed by atoms with Crippen LogP contribution in [0.1, 0.15) is 21.9 Å². The summed E-state index contributed by atoms with van der Waals surface area (Å²) in [7, 11) is 2.97. The predicted molar refractivity (Wildman–Crippen MR) is 64.6 cm³/mol. The summed E-state index contributed by atoms with van der Waals surface area (Å²) >= 11 is 0. The number of hydrogen-bond acceptors (Lipinski definition) is 5. The lowest BCUT2D eigenvalue weighted by molar-refractivity contribution is 0.0602. The minimum absolute atomic E-state index is 0.411. The van der Waals surface area contributed by atoms with Crippen LogP contribution in [0.25, 0.3) is 5.65 Å². The molecule has 2 heterocycles. The number of fused-ring (bicyclic) bond motifs is 1. The van der Waals surface area contributed by atoms with Crippen LogP contribution in [-0.2, 0) is 15.9 Å². The molecular formula is C12H15N3O3. The molecule has 0 aliphatic rings. The molecule has 2 aromatic heterocycles. The summed E-state index contributed by atoms with van der Waals surface area (Å²) in [6, 6.07) is 3.51.